The van der Waals surface area contributed by atoms with Gasteiger partial charge in [0.1, 0.15) is 18.1 Å². The van der Waals surface area contributed by atoms with E-state index in [4.69, 9.17) is 19.2 Å². The minimum atomic E-state index is -1.93. The Kier molecular flexibility index (Phi) is 17.1. The highest BCUT2D eigenvalue weighted by Crippen LogP contribution is 2.41. The predicted molar refractivity (Wildman–Crippen MR) is 313 cm³/mol. The van der Waals surface area contributed by atoms with E-state index in [1.54, 1.807) is 60.0 Å². The molecule has 1 atom stereocenters. The number of aliphatic hydroxyl groups is 1. The van der Waals surface area contributed by atoms with E-state index < -0.39 is 17.5 Å². The Bertz CT molecular complexity index is 3680. The van der Waals surface area contributed by atoms with Crippen LogP contribution >= 0.6 is 0 Å². The third-order valence-corrected chi connectivity index (χ3v) is 15.4. The van der Waals surface area contributed by atoms with Crippen molar-refractivity contribution in [1.82, 2.24) is 39.3 Å². The molecule has 11 rings (SSSR count). The average molecular weight is 1110 g/mol. The molecule has 2 aliphatic heterocycles. The molecule has 0 saturated carbocycles. The SMILES string of the molecule is CCc1c2c(nc3ccc(OC(=O)c4cccc(C(=O)CCCCCOc5cc(CN(Cc6ccccn6)Cc6ccccn6)cc(CN(Cc6ccccn6)Cc6ccccn6)c5)c4)cc13)-c1cc3c(c(=O)n1C2)COC(=O)[C@@]3(O)CC. The summed E-state index contributed by atoms with van der Waals surface area (Å²) in [6.07, 6.45) is 10.4. The minimum absolute atomic E-state index is 0.0485. The number of nitrogens with zero attached hydrogens (tertiary/aromatic N) is 8. The lowest BCUT2D eigenvalue weighted by molar-refractivity contribution is -0.172. The van der Waals surface area contributed by atoms with Crippen LogP contribution in [0.4, 0.5) is 0 Å². The van der Waals surface area contributed by atoms with E-state index >= 15 is 0 Å². The number of rotatable bonds is 24. The number of fused-ring (bicyclic) bond motifs is 5. The molecule has 0 fully saturated rings. The number of hydrogen-bond donors (Lipinski definition) is 1. The van der Waals surface area contributed by atoms with E-state index in [0.717, 1.165) is 69.0 Å². The average Bonchev–Trinajstić information content (AvgIpc) is 3.55. The number of pyridine rings is 6. The van der Waals surface area contributed by atoms with Gasteiger partial charge >= 0.3 is 11.9 Å². The molecule has 0 amide bonds. The van der Waals surface area contributed by atoms with Gasteiger partial charge in [-0.1, -0.05) is 56.3 Å². The quantitative estimate of drug-likeness (QED) is 0.0260. The van der Waals surface area contributed by atoms with Crippen LogP contribution in [0.5, 0.6) is 11.5 Å². The number of benzene rings is 3. The highest BCUT2D eigenvalue weighted by molar-refractivity contribution is 6.00. The van der Waals surface area contributed by atoms with E-state index in [9.17, 15) is 24.3 Å². The van der Waals surface area contributed by atoms with E-state index in [1.807, 2.05) is 105 Å². The monoisotopic (exact) mass is 1110 g/mol. The first kappa shape index (κ1) is 55.8. The second-order valence-electron chi connectivity index (χ2n) is 21.2. The fourth-order valence-electron chi connectivity index (χ4n) is 11.2. The molecular formula is C67H64N8O8. The van der Waals surface area contributed by atoms with Gasteiger partial charge in [-0.15, -0.1) is 0 Å². The summed E-state index contributed by atoms with van der Waals surface area (Å²) in [5, 5.41) is 12.1. The van der Waals surface area contributed by atoms with Gasteiger partial charge in [0, 0.05) is 92.6 Å². The van der Waals surface area contributed by atoms with Gasteiger partial charge in [0.2, 0.25) is 0 Å². The molecule has 3 aromatic carbocycles. The maximum atomic E-state index is 13.8. The third kappa shape index (κ3) is 12.8. The molecule has 6 aromatic heterocycles. The fraction of sp³-hybridized carbons (Fsp3) is 0.269. The highest BCUT2D eigenvalue weighted by Gasteiger charge is 2.45. The topological polar surface area (TPSA) is 192 Å². The van der Waals surface area contributed by atoms with Crippen molar-refractivity contribution in [3.05, 3.63) is 242 Å². The number of unbranched alkanes of at least 4 members (excludes halogenated alkanes) is 2. The largest absolute Gasteiger partial charge is 0.494 e. The van der Waals surface area contributed by atoms with Crippen molar-refractivity contribution in [2.45, 2.75) is 110 Å². The number of ether oxygens (including phenoxy) is 3. The minimum Gasteiger partial charge on any atom is -0.494 e. The Balaban J connectivity index is 0.736. The summed E-state index contributed by atoms with van der Waals surface area (Å²) in [7, 11) is 0. The molecule has 16 heteroatoms. The summed E-state index contributed by atoms with van der Waals surface area (Å²) in [6, 6.07) is 43.9. The van der Waals surface area contributed by atoms with E-state index in [2.05, 4.69) is 47.9 Å². The highest BCUT2D eigenvalue weighted by atomic mass is 16.6. The van der Waals surface area contributed by atoms with Crippen LogP contribution in [0.3, 0.4) is 0 Å². The summed E-state index contributed by atoms with van der Waals surface area (Å²) < 4.78 is 19.3. The number of cyclic esters (lactones) is 1. The van der Waals surface area contributed by atoms with Crippen LogP contribution in [0.2, 0.25) is 0 Å². The van der Waals surface area contributed by atoms with Crippen LogP contribution in [0.15, 0.2) is 169 Å². The van der Waals surface area contributed by atoms with Crippen molar-refractivity contribution in [2.24, 2.45) is 0 Å². The summed E-state index contributed by atoms with van der Waals surface area (Å²) in [4.78, 5) is 82.1. The van der Waals surface area contributed by atoms with Gasteiger partial charge < -0.3 is 23.9 Å². The molecule has 0 spiro atoms. The molecule has 83 heavy (non-hydrogen) atoms. The van der Waals surface area contributed by atoms with Crippen molar-refractivity contribution < 1.29 is 33.7 Å². The van der Waals surface area contributed by atoms with Crippen LogP contribution in [0, 0.1) is 0 Å². The molecule has 0 unspecified atom stereocenters. The van der Waals surface area contributed by atoms with E-state index in [1.165, 1.54) is 0 Å². The lowest BCUT2D eigenvalue weighted by Crippen LogP contribution is -2.44. The first-order valence-corrected chi connectivity index (χ1v) is 28.3. The number of aromatic nitrogens is 6. The maximum absolute atomic E-state index is 13.8. The van der Waals surface area contributed by atoms with Gasteiger partial charge in [-0.2, -0.15) is 0 Å². The number of hydrogen-bond acceptors (Lipinski definition) is 15. The van der Waals surface area contributed by atoms with Crippen molar-refractivity contribution in [1.29, 1.82) is 0 Å². The number of carbonyl (C=O) groups is 3. The Hall–Kier alpha value is -9.09. The zero-order valence-electron chi connectivity index (χ0n) is 46.6. The molecule has 0 radical (unpaired) electrons. The molecular weight excluding hydrogens is 1040 g/mol. The second-order valence-corrected chi connectivity index (χ2v) is 21.2. The van der Waals surface area contributed by atoms with Crippen molar-refractivity contribution in [3.8, 4) is 22.9 Å². The van der Waals surface area contributed by atoms with Gasteiger partial charge in [-0.3, -0.25) is 39.3 Å². The molecule has 16 nitrogen and oxygen atoms in total. The second kappa shape index (κ2) is 25.4. The van der Waals surface area contributed by atoms with E-state index in [0.29, 0.717) is 93.4 Å². The molecule has 0 bridgehead atoms. The third-order valence-electron chi connectivity index (χ3n) is 15.4. The van der Waals surface area contributed by atoms with Gasteiger partial charge in [0.15, 0.2) is 11.4 Å². The Morgan fingerprint density at radius 1 is 0.639 bits per heavy atom. The number of Topliss-reactive ketones (excluding diaryl/α,β-unsaturated/α-hetero) is 1. The van der Waals surface area contributed by atoms with Gasteiger partial charge in [-0.05, 0) is 146 Å². The van der Waals surface area contributed by atoms with Crippen molar-refractivity contribution in [3.63, 3.8) is 0 Å². The smallest absolute Gasteiger partial charge is 0.343 e. The number of aryl methyl sites for hydroxylation is 1. The molecule has 2 aliphatic rings. The number of ketones is 1. The molecule has 9 aromatic rings. The standard InChI is InChI=1S/C67H64N8O8/c1-3-55-56-35-53(24-25-60(56)72-63-57(55)43-75-61(63)36-59-58(64(75)77)44-82-66(79)67(59,80)4-2)83-65(78)48-18-16-17-47(34-48)62(76)23-6-5-15-30-81-54-32-45(37-73(39-49-19-7-11-26-68-49)40-50-20-8-12-27-69-50)31-46(33-54)38-74(41-51-21-9-13-28-70-51)42-52-22-10-14-29-71-52/h7-14,16-22,24-29,31-36,80H,3-6,15,23,30,37-44H2,1-2H3/t67-/m1/s1. The fourth-order valence-corrected chi connectivity index (χ4v) is 11.2. The Labute approximate surface area is 481 Å². The number of carbonyl (C=O) groups excluding carboxylic acids is 3. The lowest BCUT2D eigenvalue weighted by Gasteiger charge is -2.31. The normalized spacial score (nSPS) is 14.3. The lowest BCUT2D eigenvalue weighted by atomic mass is 9.86. The van der Waals surface area contributed by atoms with Crippen LogP contribution in [-0.2, 0) is 74.0 Å². The summed E-state index contributed by atoms with van der Waals surface area (Å²) in [5.41, 5.74) is 8.50. The van der Waals surface area contributed by atoms with Crippen LogP contribution in [0.25, 0.3) is 22.3 Å². The zero-order valence-corrected chi connectivity index (χ0v) is 46.6. The molecule has 8 heterocycles. The molecule has 0 saturated heterocycles. The zero-order chi connectivity index (χ0) is 57.3. The van der Waals surface area contributed by atoms with Gasteiger partial charge in [0.25, 0.3) is 5.56 Å². The Morgan fingerprint density at radius 3 is 1.81 bits per heavy atom. The molecule has 0 aliphatic carbocycles. The van der Waals surface area contributed by atoms with E-state index in [-0.39, 0.29) is 47.6 Å². The van der Waals surface area contributed by atoms with Crippen LogP contribution in [0.1, 0.15) is 123 Å². The van der Waals surface area contributed by atoms with Gasteiger partial charge in [-0.25, -0.2) is 14.6 Å². The Morgan fingerprint density at radius 2 is 1.24 bits per heavy atom. The van der Waals surface area contributed by atoms with Crippen LogP contribution in [-0.4, -0.2) is 68.7 Å². The van der Waals surface area contributed by atoms with Crippen molar-refractivity contribution in [2.75, 3.05) is 6.61 Å². The molecule has 1 N–H and O–H groups in total. The summed E-state index contributed by atoms with van der Waals surface area (Å²) in [6.45, 7) is 7.95. The summed E-state index contributed by atoms with van der Waals surface area (Å²) >= 11 is 0. The van der Waals surface area contributed by atoms with Gasteiger partial charge in [0.05, 0.1) is 64.0 Å². The maximum Gasteiger partial charge on any atom is 0.343 e. The predicted octanol–water partition coefficient (Wildman–Crippen LogP) is 10.7. The first-order chi connectivity index (χ1) is 40.5. The number of esters is 2. The summed E-state index contributed by atoms with van der Waals surface area (Å²) in [5.74, 6) is -0.383. The first-order valence-electron chi connectivity index (χ1n) is 28.3. The molecule has 420 valence electrons. The van der Waals surface area contributed by atoms with Crippen molar-refractivity contribution >= 4 is 28.6 Å². The van der Waals surface area contributed by atoms with Crippen LogP contribution < -0.4 is 15.0 Å².